The number of hydrogen-bond acceptors (Lipinski definition) is 8. The van der Waals surface area contributed by atoms with Crippen LogP contribution in [0.1, 0.15) is 15.9 Å². The van der Waals surface area contributed by atoms with Crippen molar-refractivity contribution in [2.75, 3.05) is 49.8 Å². The zero-order chi connectivity index (χ0) is 21.2. The van der Waals surface area contributed by atoms with E-state index in [1.54, 1.807) is 18.3 Å². The number of anilines is 3. The van der Waals surface area contributed by atoms with Gasteiger partial charge in [-0.25, -0.2) is 9.78 Å². The highest BCUT2D eigenvalue weighted by Gasteiger charge is 2.29. The third-order valence-electron chi connectivity index (χ3n) is 5.65. The third kappa shape index (κ3) is 4.11. The summed E-state index contributed by atoms with van der Waals surface area (Å²) in [6.07, 6.45) is 4.46. The number of methoxy groups -OCH3 is 1. The van der Waals surface area contributed by atoms with Gasteiger partial charge in [0, 0.05) is 37.0 Å². The van der Waals surface area contributed by atoms with Crippen molar-refractivity contribution in [3.8, 4) is 11.3 Å². The van der Waals surface area contributed by atoms with Gasteiger partial charge in [0.2, 0.25) is 5.95 Å². The largest absolute Gasteiger partial charge is 0.465 e. The van der Waals surface area contributed by atoms with E-state index < -0.39 is 0 Å². The fourth-order valence-electron chi connectivity index (χ4n) is 4.03. The second-order valence-corrected chi connectivity index (χ2v) is 7.46. The normalized spacial score (nSPS) is 15.2. The Morgan fingerprint density at radius 3 is 2.53 bits per heavy atom. The lowest BCUT2D eigenvalue weighted by Gasteiger charge is -2.28. The summed E-state index contributed by atoms with van der Waals surface area (Å²) in [5.74, 6) is 1.26. The van der Waals surface area contributed by atoms with E-state index >= 15 is 0 Å². The molecule has 1 fully saturated rings. The molecular formula is C23H24ClN5O3. The Morgan fingerprint density at radius 1 is 1.06 bits per heavy atom. The summed E-state index contributed by atoms with van der Waals surface area (Å²) >= 11 is 0. The maximum Gasteiger partial charge on any atom is 0.337 e. The molecule has 5 rings (SSSR count). The molecule has 0 spiro atoms. The molecule has 2 aliphatic heterocycles. The number of halogens is 1. The fourth-order valence-corrected chi connectivity index (χ4v) is 4.03. The van der Waals surface area contributed by atoms with E-state index in [1.165, 1.54) is 7.11 Å². The van der Waals surface area contributed by atoms with Gasteiger partial charge in [-0.1, -0.05) is 12.1 Å². The molecule has 0 unspecified atom stereocenters. The third-order valence-corrected chi connectivity index (χ3v) is 5.65. The van der Waals surface area contributed by atoms with Crippen molar-refractivity contribution in [3.63, 3.8) is 0 Å². The Morgan fingerprint density at radius 2 is 1.84 bits per heavy atom. The van der Waals surface area contributed by atoms with Crippen LogP contribution in [0.3, 0.4) is 0 Å². The molecule has 0 atom stereocenters. The van der Waals surface area contributed by atoms with E-state index in [2.05, 4.69) is 14.8 Å². The lowest BCUT2D eigenvalue weighted by Crippen LogP contribution is -2.37. The number of hydrogen-bond donors (Lipinski definition) is 0. The van der Waals surface area contributed by atoms with Gasteiger partial charge in [-0.2, -0.15) is 4.98 Å². The monoisotopic (exact) mass is 453 g/mol. The molecule has 166 valence electrons. The van der Waals surface area contributed by atoms with Crippen LogP contribution in [-0.4, -0.2) is 60.9 Å². The summed E-state index contributed by atoms with van der Waals surface area (Å²) < 4.78 is 10.3. The maximum atomic E-state index is 11.8. The number of carbonyl (C=O) groups is 1. The van der Waals surface area contributed by atoms with Crippen LogP contribution in [0.25, 0.3) is 11.3 Å². The van der Waals surface area contributed by atoms with Crippen molar-refractivity contribution >= 4 is 35.8 Å². The first kappa shape index (κ1) is 22.0. The maximum absolute atomic E-state index is 11.8. The molecule has 0 N–H and O–H groups in total. The zero-order valence-electron chi connectivity index (χ0n) is 17.7. The van der Waals surface area contributed by atoms with Crippen LogP contribution < -0.4 is 9.80 Å². The van der Waals surface area contributed by atoms with Crippen LogP contribution in [0.15, 0.2) is 48.8 Å². The van der Waals surface area contributed by atoms with Crippen molar-refractivity contribution in [2.45, 2.75) is 6.42 Å². The molecule has 0 amide bonds. The molecule has 0 bridgehead atoms. The number of aromatic nitrogens is 3. The summed E-state index contributed by atoms with van der Waals surface area (Å²) in [5, 5.41) is 0. The van der Waals surface area contributed by atoms with Gasteiger partial charge >= 0.3 is 5.97 Å². The van der Waals surface area contributed by atoms with E-state index in [0.717, 1.165) is 54.4 Å². The predicted molar refractivity (Wildman–Crippen MR) is 124 cm³/mol. The molecule has 8 nitrogen and oxygen atoms in total. The molecule has 0 saturated carbocycles. The number of benzene rings is 1. The molecule has 1 aromatic carbocycles. The Hall–Kier alpha value is -3.23. The molecule has 9 heteroatoms. The lowest BCUT2D eigenvalue weighted by molar-refractivity contribution is 0.0600. The standard InChI is InChI=1S/C23H23N5O3.ClH/c1-30-22(29)17-6-4-16(5-7-17)20-19-8-10-28(18-3-2-9-24-15-18)21(19)26-23(25-20)27-11-13-31-14-12-27;/h2-7,9,15H,8,10-14H2,1H3;1H. The Kier molecular flexibility index (Phi) is 6.53. The van der Waals surface area contributed by atoms with Crippen molar-refractivity contribution in [2.24, 2.45) is 0 Å². The van der Waals surface area contributed by atoms with E-state index in [9.17, 15) is 4.79 Å². The molecule has 2 aliphatic rings. The van der Waals surface area contributed by atoms with Crippen molar-refractivity contribution in [3.05, 3.63) is 59.9 Å². The van der Waals surface area contributed by atoms with Crippen LogP contribution in [0.5, 0.6) is 0 Å². The van der Waals surface area contributed by atoms with Crippen molar-refractivity contribution in [1.29, 1.82) is 0 Å². The Balaban J connectivity index is 0.00000245. The summed E-state index contributed by atoms with van der Waals surface area (Å²) in [7, 11) is 1.38. The second kappa shape index (κ2) is 9.50. The molecule has 2 aromatic heterocycles. The minimum Gasteiger partial charge on any atom is -0.465 e. The highest BCUT2D eigenvalue weighted by molar-refractivity contribution is 5.90. The quantitative estimate of drug-likeness (QED) is 0.557. The van der Waals surface area contributed by atoms with Crippen LogP contribution in [0, 0.1) is 0 Å². The number of ether oxygens (including phenoxy) is 2. The first-order chi connectivity index (χ1) is 15.2. The number of carbonyl (C=O) groups excluding carboxylic acids is 1. The number of fused-ring (bicyclic) bond motifs is 1. The van der Waals surface area contributed by atoms with Gasteiger partial charge in [0.25, 0.3) is 0 Å². The molecule has 1 saturated heterocycles. The summed E-state index contributed by atoms with van der Waals surface area (Å²) in [4.78, 5) is 30.4. The SMILES string of the molecule is COC(=O)c1ccc(-c2nc(N3CCOCC3)nc3c2CCN3c2cccnc2)cc1.Cl. The number of morpholine rings is 1. The van der Waals surface area contributed by atoms with Crippen molar-refractivity contribution < 1.29 is 14.3 Å². The van der Waals surface area contributed by atoms with Gasteiger partial charge < -0.3 is 19.3 Å². The first-order valence-corrected chi connectivity index (χ1v) is 10.3. The summed E-state index contributed by atoms with van der Waals surface area (Å²) in [6, 6.07) is 11.4. The molecular weight excluding hydrogens is 430 g/mol. The van der Waals surface area contributed by atoms with Crippen LogP contribution >= 0.6 is 12.4 Å². The molecule has 0 radical (unpaired) electrons. The number of rotatable bonds is 4. The Bertz CT molecular complexity index is 1090. The average Bonchev–Trinajstić information content (AvgIpc) is 3.28. The minimum atomic E-state index is -0.351. The Labute approximate surface area is 192 Å². The lowest BCUT2D eigenvalue weighted by atomic mass is 10.0. The first-order valence-electron chi connectivity index (χ1n) is 10.3. The van der Waals surface area contributed by atoms with Gasteiger partial charge in [0.1, 0.15) is 5.82 Å². The molecule has 32 heavy (non-hydrogen) atoms. The molecule has 4 heterocycles. The molecule has 0 aliphatic carbocycles. The van der Waals surface area contributed by atoms with E-state index in [0.29, 0.717) is 24.7 Å². The van der Waals surface area contributed by atoms with E-state index in [-0.39, 0.29) is 18.4 Å². The number of pyridine rings is 1. The molecule has 3 aromatic rings. The fraction of sp³-hybridized carbons (Fsp3) is 0.304. The topological polar surface area (TPSA) is 80.7 Å². The highest BCUT2D eigenvalue weighted by Crippen LogP contribution is 2.39. The minimum absolute atomic E-state index is 0. The van der Waals surface area contributed by atoms with Crippen LogP contribution in [0.4, 0.5) is 17.5 Å². The summed E-state index contributed by atoms with van der Waals surface area (Å²) in [5.41, 5.74) is 4.48. The average molecular weight is 454 g/mol. The predicted octanol–water partition coefficient (Wildman–Crippen LogP) is 3.28. The second-order valence-electron chi connectivity index (χ2n) is 7.46. The van der Waals surface area contributed by atoms with Crippen LogP contribution in [0.2, 0.25) is 0 Å². The zero-order valence-corrected chi connectivity index (χ0v) is 18.5. The van der Waals surface area contributed by atoms with Crippen LogP contribution in [-0.2, 0) is 15.9 Å². The number of esters is 1. The van der Waals surface area contributed by atoms with E-state index in [1.807, 2.05) is 30.5 Å². The van der Waals surface area contributed by atoms with Gasteiger partial charge in [-0.15, -0.1) is 12.4 Å². The van der Waals surface area contributed by atoms with Gasteiger partial charge in [0.15, 0.2) is 0 Å². The smallest absolute Gasteiger partial charge is 0.337 e. The van der Waals surface area contributed by atoms with E-state index in [4.69, 9.17) is 19.4 Å². The summed E-state index contributed by atoms with van der Waals surface area (Å²) in [6.45, 7) is 3.65. The van der Waals surface area contributed by atoms with Gasteiger partial charge in [0.05, 0.1) is 43.5 Å². The van der Waals surface area contributed by atoms with Gasteiger partial charge in [-0.3, -0.25) is 4.98 Å². The highest BCUT2D eigenvalue weighted by atomic mass is 35.5. The number of nitrogens with zero attached hydrogens (tertiary/aromatic N) is 5. The van der Waals surface area contributed by atoms with Crippen molar-refractivity contribution in [1.82, 2.24) is 15.0 Å². The van der Waals surface area contributed by atoms with Gasteiger partial charge in [-0.05, 0) is 30.7 Å².